The Balaban J connectivity index is 2.70. The van der Waals surface area contributed by atoms with Crippen LogP contribution in [0.15, 0.2) is 29.2 Å². The van der Waals surface area contributed by atoms with Crippen molar-refractivity contribution in [1.29, 1.82) is 0 Å². The summed E-state index contributed by atoms with van der Waals surface area (Å²) in [7, 11) is -3.86. The number of hydrogen-bond acceptors (Lipinski definition) is 4. The Morgan fingerprint density at radius 2 is 2.20 bits per heavy atom. The zero-order valence-corrected chi connectivity index (χ0v) is 12.5. The van der Waals surface area contributed by atoms with Crippen molar-refractivity contribution in [2.75, 3.05) is 25.5 Å². The second-order valence-corrected chi connectivity index (χ2v) is 6.35. The van der Waals surface area contributed by atoms with E-state index in [4.69, 9.17) is 22.1 Å². The highest BCUT2D eigenvalue weighted by molar-refractivity contribution is 7.89. The average Bonchev–Trinajstić information content (AvgIpc) is 2.32. The lowest BCUT2D eigenvalue weighted by Crippen LogP contribution is -2.28. The maximum absolute atomic E-state index is 13.1. The van der Waals surface area contributed by atoms with E-state index in [-0.39, 0.29) is 28.8 Å². The molecule has 1 rings (SSSR count). The van der Waals surface area contributed by atoms with Crippen molar-refractivity contribution in [3.05, 3.63) is 35.1 Å². The van der Waals surface area contributed by atoms with E-state index in [1.54, 1.807) is 6.92 Å². The van der Waals surface area contributed by atoms with Crippen molar-refractivity contribution in [3.8, 4) is 0 Å². The lowest BCUT2D eigenvalue weighted by atomic mass is 10.3. The minimum atomic E-state index is -3.86. The van der Waals surface area contributed by atoms with E-state index in [0.717, 1.165) is 17.7 Å². The van der Waals surface area contributed by atoms with Crippen LogP contribution in [0.3, 0.4) is 0 Å². The van der Waals surface area contributed by atoms with Crippen LogP contribution >= 0.6 is 11.6 Å². The molecule has 0 amide bonds. The third-order valence-electron chi connectivity index (χ3n) is 2.23. The first-order valence-corrected chi connectivity index (χ1v) is 7.56. The number of nitrogens with two attached hydrogens (primary N) is 1. The molecule has 0 heterocycles. The van der Waals surface area contributed by atoms with Crippen molar-refractivity contribution in [3.63, 3.8) is 0 Å². The summed E-state index contributed by atoms with van der Waals surface area (Å²) in [5, 5.41) is -0.230. The number of rotatable bonds is 7. The van der Waals surface area contributed by atoms with E-state index >= 15 is 0 Å². The number of ether oxygens (including phenoxy) is 1. The van der Waals surface area contributed by atoms with E-state index in [0.29, 0.717) is 6.61 Å². The van der Waals surface area contributed by atoms with Gasteiger partial charge >= 0.3 is 0 Å². The number of benzene rings is 1. The zero-order chi connectivity index (χ0) is 15.3. The monoisotopic (exact) mass is 322 g/mol. The second-order valence-electron chi connectivity index (χ2n) is 4.21. The van der Waals surface area contributed by atoms with Crippen LogP contribution in [0, 0.1) is 5.82 Å². The molecule has 0 unspecified atom stereocenters. The molecular formula is C12H16ClFN2O3S. The number of nitrogen functional groups attached to an aromatic ring is 1. The molecule has 0 aliphatic carbocycles. The summed E-state index contributed by atoms with van der Waals surface area (Å²) in [6.07, 6.45) is 0. The molecule has 8 heteroatoms. The van der Waals surface area contributed by atoms with E-state index in [1.807, 2.05) is 0 Å². The Labute approximate surface area is 122 Å². The maximum atomic E-state index is 13.1. The highest BCUT2D eigenvalue weighted by atomic mass is 35.5. The third kappa shape index (κ3) is 4.75. The van der Waals surface area contributed by atoms with Gasteiger partial charge in [-0.05, 0) is 19.1 Å². The third-order valence-corrected chi connectivity index (χ3v) is 4.15. The summed E-state index contributed by atoms with van der Waals surface area (Å²) in [6.45, 7) is 6.04. The molecule has 20 heavy (non-hydrogen) atoms. The van der Waals surface area contributed by atoms with Gasteiger partial charge in [0.05, 0.1) is 23.9 Å². The lowest BCUT2D eigenvalue weighted by Gasteiger charge is -2.10. The Kier molecular flexibility index (Phi) is 5.94. The van der Waals surface area contributed by atoms with Gasteiger partial charge in [-0.25, -0.2) is 17.5 Å². The van der Waals surface area contributed by atoms with Crippen molar-refractivity contribution in [2.24, 2.45) is 0 Å². The topological polar surface area (TPSA) is 81.4 Å². The molecule has 0 spiro atoms. The summed E-state index contributed by atoms with van der Waals surface area (Å²) in [5.41, 5.74) is 5.89. The van der Waals surface area contributed by atoms with Gasteiger partial charge in [0, 0.05) is 6.54 Å². The number of halogens is 2. The van der Waals surface area contributed by atoms with E-state index in [9.17, 15) is 12.8 Å². The largest absolute Gasteiger partial charge is 0.396 e. The van der Waals surface area contributed by atoms with Crippen molar-refractivity contribution >= 4 is 27.3 Å². The normalized spacial score (nSPS) is 11.6. The zero-order valence-electron chi connectivity index (χ0n) is 10.9. The number of sulfonamides is 1. The molecule has 0 aliphatic rings. The van der Waals surface area contributed by atoms with Crippen LogP contribution in [0.2, 0.25) is 5.02 Å². The molecule has 1 aromatic carbocycles. The predicted octanol–water partition coefficient (Wildman–Crippen LogP) is 1.93. The van der Waals surface area contributed by atoms with Gasteiger partial charge in [-0.2, -0.15) is 0 Å². The fourth-order valence-corrected chi connectivity index (χ4v) is 2.88. The first kappa shape index (κ1) is 16.9. The molecule has 0 atom stereocenters. The van der Waals surface area contributed by atoms with Crippen LogP contribution in [-0.4, -0.2) is 28.2 Å². The van der Waals surface area contributed by atoms with Gasteiger partial charge in [0.1, 0.15) is 10.7 Å². The summed E-state index contributed by atoms with van der Waals surface area (Å²) in [6, 6.07) is 1.85. The number of hydrogen-bond donors (Lipinski definition) is 2. The fourth-order valence-electron chi connectivity index (χ4n) is 1.32. The summed E-state index contributed by atoms with van der Waals surface area (Å²) >= 11 is 5.71. The lowest BCUT2D eigenvalue weighted by molar-refractivity contribution is 0.162. The van der Waals surface area contributed by atoms with Crippen LogP contribution in [0.25, 0.3) is 0 Å². The minimum Gasteiger partial charge on any atom is -0.396 e. The quantitative estimate of drug-likeness (QED) is 0.456. The number of anilines is 1. The predicted molar refractivity (Wildman–Crippen MR) is 76.6 cm³/mol. The van der Waals surface area contributed by atoms with E-state index in [1.165, 1.54) is 0 Å². The molecule has 0 bridgehead atoms. The molecule has 5 nitrogen and oxygen atoms in total. The molecule has 0 aromatic heterocycles. The molecule has 0 aliphatic heterocycles. The SMILES string of the molecule is C=C(C)COCCNS(=O)(=O)c1cc(N)c(F)cc1Cl. The molecule has 1 aromatic rings. The molecule has 0 fully saturated rings. The van der Waals surface area contributed by atoms with Gasteiger partial charge in [-0.3, -0.25) is 0 Å². The molecule has 0 saturated carbocycles. The van der Waals surface area contributed by atoms with Gasteiger partial charge < -0.3 is 10.5 Å². The summed E-state index contributed by atoms with van der Waals surface area (Å²) < 4.78 is 44.5. The van der Waals surface area contributed by atoms with E-state index < -0.39 is 15.8 Å². The molecular weight excluding hydrogens is 307 g/mol. The molecule has 0 radical (unpaired) electrons. The first-order valence-electron chi connectivity index (χ1n) is 5.70. The Morgan fingerprint density at radius 1 is 1.55 bits per heavy atom. The van der Waals surface area contributed by atoms with Gasteiger partial charge in [0.25, 0.3) is 0 Å². The number of nitrogens with one attached hydrogen (secondary N) is 1. The van der Waals surface area contributed by atoms with Gasteiger partial charge in [-0.1, -0.05) is 23.8 Å². The van der Waals surface area contributed by atoms with Crippen LogP contribution in [0.1, 0.15) is 6.92 Å². The smallest absolute Gasteiger partial charge is 0.242 e. The first-order chi connectivity index (χ1) is 9.24. The van der Waals surface area contributed by atoms with Gasteiger partial charge in [0.2, 0.25) is 10.0 Å². The van der Waals surface area contributed by atoms with Crippen LogP contribution in [-0.2, 0) is 14.8 Å². The average molecular weight is 323 g/mol. The van der Waals surface area contributed by atoms with Crippen molar-refractivity contribution in [2.45, 2.75) is 11.8 Å². The summed E-state index contributed by atoms with van der Waals surface area (Å²) in [5.74, 6) is -0.765. The van der Waals surface area contributed by atoms with Crippen molar-refractivity contribution in [1.82, 2.24) is 4.72 Å². The molecule has 3 N–H and O–H groups in total. The van der Waals surface area contributed by atoms with Gasteiger partial charge in [0.15, 0.2) is 0 Å². The van der Waals surface area contributed by atoms with Gasteiger partial charge in [-0.15, -0.1) is 0 Å². The molecule has 0 saturated heterocycles. The second kappa shape index (κ2) is 7.03. The maximum Gasteiger partial charge on any atom is 0.242 e. The minimum absolute atomic E-state index is 0.0588. The fraction of sp³-hybridized carbons (Fsp3) is 0.333. The Bertz CT molecular complexity index is 605. The summed E-state index contributed by atoms with van der Waals surface area (Å²) in [4.78, 5) is -0.266. The van der Waals surface area contributed by atoms with Crippen molar-refractivity contribution < 1.29 is 17.5 Å². The van der Waals surface area contributed by atoms with Crippen LogP contribution in [0.5, 0.6) is 0 Å². The van der Waals surface area contributed by atoms with Crippen LogP contribution < -0.4 is 10.5 Å². The highest BCUT2D eigenvalue weighted by Crippen LogP contribution is 2.25. The molecule has 112 valence electrons. The Hall–Kier alpha value is -1.15. The van der Waals surface area contributed by atoms with Crippen LogP contribution in [0.4, 0.5) is 10.1 Å². The van der Waals surface area contributed by atoms with E-state index in [2.05, 4.69) is 11.3 Å². The highest BCUT2D eigenvalue weighted by Gasteiger charge is 2.19. The Morgan fingerprint density at radius 3 is 2.80 bits per heavy atom. The standard InChI is InChI=1S/C12H16ClFN2O3S/c1-8(2)7-19-4-3-16-20(17,18)12-6-11(15)10(14)5-9(12)13/h5-6,16H,1,3-4,7,15H2,2H3.